The Balaban J connectivity index is 1.42. The van der Waals surface area contributed by atoms with Crippen LogP contribution in [0.2, 0.25) is 0 Å². The van der Waals surface area contributed by atoms with E-state index in [0.717, 1.165) is 22.5 Å². The zero-order valence-corrected chi connectivity index (χ0v) is 18.3. The van der Waals surface area contributed by atoms with Crippen LogP contribution in [0.5, 0.6) is 5.75 Å². The number of Topliss-reactive ketones (excluding diaryl/α,β-unsaturated/α-hetero) is 1. The average molecular weight is 489 g/mol. The molecule has 0 radical (unpaired) electrons. The standard InChI is InChI=1S/C23H18F3N3O4S/c24-23(25,26)33-22-4-2-1-3-19(22)29-34(31,32)17-8-5-15(6-9-17)7-10-21(30)20-13-16-14-27-12-11-18(16)28-20/h1-6,8-9,11-14,28-29H,7,10H2. The maximum Gasteiger partial charge on any atom is 0.573 e. The highest BCUT2D eigenvalue weighted by atomic mass is 32.2. The van der Waals surface area contributed by atoms with E-state index in [0.29, 0.717) is 12.1 Å². The Labute approximate surface area is 192 Å². The molecular weight excluding hydrogens is 471 g/mol. The Morgan fingerprint density at radius 2 is 1.79 bits per heavy atom. The molecule has 4 rings (SSSR count). The molecule has 34 heavy (non-hydrogen) atoms. The topological polar surface area (TPSA) is 101 Å². The van der Waals surface area contributed by atoms with Crippen molar-refractivity contribution in [1.82, 2.24) is 9.97 Å². The van der Waals surface area contributed by atoms with Gasteiger partial charge in [-0.2, -0.15) is 0 Å². The molecule has 0 fully saturated rings. The molecule has 0 unspecified atom stereocenters. The van der Waals surface area contributed by atoms with E-state index in [4.69, 9.17) is 0 Å². The van der Waals surface area contributed by atoms with Crippen LogP contribution in [0.25, 0.3) is 10.9 Å². The number of carbonyl (C=O) groups excluding carboxylic acids is 1. The number of ether oxygens (including phenoxy) is 1. The number of sulfonamides is 1. The lowest BCUT2D eigenvalue weighted by molar-refractivity contribution is -0.274. The van der Waals surface area contributed by atoms with Crippen LogP contribution in [0.3, 0.4) is 0 Å². The number of aromatic nitrogens is 2. The van der Waals surface area contributed by atoms with E-state index in [1.165, 1.54) is 30.3 Å². The monoisotopic (exact) mass is 489 g/mol. The Hall–Kier alpha value is -3.86. The number of benzene rings is 2. The number of hydrogen-bond acceptors (Lipinski definition) is 5. The van der Waals surface area contributed by atoms with Crippen molar-refractivity contribution in [3.05, 3.63) is 84.3 Å². The number of aromatic amines is 1. The molecule has 176 valence electrons. The van der Waals surface area contributed by atoms with Gasteiger partial charge < -0.3 is 9.72 Å². The van der Waals surface area contributed by atoms with Crippen LogP contribution in [0.1, 0.15) is 22.5 Å². The first-order valence-electron chi connectivity index (χ1n) is 10.0. The molecule has 2 heterocycles. The number of fused-ring (bicyclic) bond motifs is 1. The van der Waals surface area contributed by atoms with Gasteiger partial charge in [-0.15, -0.1) is 13.2 Å². The van der Waals surface area contributed by atoms with Gasteiger partial charge in [0.25, 0.3) is 10.0 Å². The van der Waals surface area contributed by atoms with Crippen LogP contribution in [0.4, 0.5) is 18.9 Å². The number of rotatable bonds is 8. The van der Waals surface area contributed by atoms with Crippen LogP contribution >= 0.6 is 0 Å². The van der Waals surface area contributed by atoms with Gasteiger partial charge in [0.2, 0.25) is 0 Å². The Morgan fingerprint density at radius 1 is 1.06 bits per heavy atom. The first-order chi connectivity index (χ1) is 16.1. The summed E-state index contributed by atoms with van der Waals surface area (Å²) in [6.45, 7) is 0. The SMILES string of the molecule is O=C(CCc1ccc(S(=O)(=O)Nc2ccccc2OC(F)(F)F)cc1)c1cc2cnccc2[nH]1. The molecule has 11 heteroatoms. The number of aryl methyl sites for hydroxylation is 1. The van der Waals surface area contributed by atoms with E-state index >= 15 is 0 Å². The van der Waals surface area contributed by atoms with Crippen molar-refractivity contribution in [1.29, 1.82) is 0 Å². The summed E-state index contributed by atoms with van der Waals surface area (Å²) >= 11 is 0. The second kappa shape index (κ2) is 9.18. The van der Waals surface area contributed by atoms with E-state index in [1.54, 1.807) is 36.7 Å². The Kier molecular flexibility index (Phi) is 6.29. The lowest BCUT2D eigenvalue weighted by atomic mass is 10.1. The highest BCUT2D eigenvalue weighted by Gasteiger charge is 2.32. The molecule has 0 spiro atoms. The molecule has 0 amide bonds. The summed E-state index contributed by atoms with van der Waals surface area (Å²) in [6.07, 6.45) is -1.11. The molecular formula is C23H18F3N3O4S. The fraction of sp³-hybridized carbons (Fsp3) is 0.130. The van der Waals surface area contributed by atoms with Crippen molar-refractivity contribution >= 4 is 32.4 Å². The highest BCUT2D eigenvalue weighted by molar-refractivity contribution is 7.92. The fourth-order valence-corrected chi connectivity index (χ4v) is 4.39. The molecule has 0 atom stereocenters. The van der Waals surface area contributed by atoms with Crippen LogP contribution in [-0.4, -0.2) is 30.5 Å². The first kappa shape index (κ1) is 23.3. The number of nitrogens with zero attached hydrogens (tertiary/aromatic N) is 1. The van der Waals surface area contributed by atoms with Gasteiger partial charge >= 0.3 is 6.36 Å². The maximum atomic E-state index is 12.7. The van der Waals surface area contributed by atoms with Gasteiger partial charge in [0.15, 0.2) is 11.5 Å². The zero-order chi connectivity index (χ0) is 24.3. The van der Waals surface area contributed by atoms with E-state index in [2.05, 4.69) is 19.4 Å². The summed E-state index contributed by atoms with van der Waals surface area (Å²) < 4.78 is 69.1. The van der Waals surface area contributed by atoms with Crippen LogP contribution in [-0.2, 0) is 16.4 Å². The van der Waals surface area contributed by atoms with Gasteiger partial charge in [0, 0.05) is 29.7 Å². The van der Waals surface area contributed by atoms with E-state index in [9.17, 15) is 26.4 Å². The zero-order valence-electron chi connectivity index (χ0n) is 17.5. The molecule has 2 aromatic carbocycles. The lowest BCUT2D eigenvalue weighted by Gasteiger charge is -2.15. The normalized spacial score (nSPS) is 12.0. The molecule has 2 aromatic heterocycles. The van der Waals surface area contributed by atoms with Gasteiger partial charge in [-0.3, -0.25) is 14.5 Å². The van der Waals surface area contributed by atoms with Crippen LogP contribution < -0.4 is 9.46 Å². The number of halogens is 3. The van der Waals surface area contributed by atoms with Crippen LogP contribution in [0.15, 0.2) is 78.0 Å². The molecule has 4 aromatic rings. The minimum atomic E-state index is -4.97. The molecule has 0 aliphatic carbocycles. The quantitative estimate of drug-likeness (QED) is 0.336. The van der Waals surface area contributed by atoms with Gasteiger partial charge in [0.05, 0.1) is 16.3 Å². The highest BCUT2D eigenvalue weighted by Crippen LogP contribution is 2.31. The van der Waals surface area contributed by atoms with Gasteiger partial charge in [-0.25, -0.2) is 8.42 Å². The van der Waals surface area contributed by atoms with Crippen molar-refractivity contribution in [2.45, 2.75) is 24.1 Å². The molecule has 0 bridgehead atoms. The Morgan fingerprint density at radius 3 is 2.50 bits per heavy atom. The smallest absolute Gasteiger partial charge is 0.404 e. The summed E-state index contributed by atoms with van der Waals surface area (Å²) in [7, 11) is -4.17. The maximum absolute atomic E-state index is 12.7. The number of carbonyl (C=O) groups is 1. The van der Waals surface area contributed by atoms with Crippen molar-refractivity contribution in [3.63, 3.8) is 0 Å². The average Bonchev–Trinajstić information content (AvgIpc) is 3.22. The van der Waals surface area contributed by atoms with E-state index in [1.807, 2.05) is 0 Å². The molecule has 0 saturated heterocycles. The number of H-pyrrole nitrogens is 1. The number of ketones is 1. The summed E-state index contributed by atoms with van der Waals surface area (Å²) in [5.41, 5.74) is 1.66. The van der Waals surface area contributed by atoms with Gasteiger partial charge in [-0.1, -0.05) is 24.3 Å². The molecule has 0 aliphatic rings. The predicted octanol–water partition coefficient (Wildman–Crippen LogP) is 5.08. The van der Waals surface area contributed by atoms with Crippen LogP contribution in [0, 0.1) is 0 Å². The van der Waals surface area contributed by atoms with Crippen molar-refractivity contribution < 1.29 is 31.1 Å². The summed E-state index contributed by atoms with van der Waals surface area (Å²) in [5.74, 6) is -0.766. The number of alkyl halides is 3. The third kappa shape index (κ3) is 5.54. The number of anilines is 1. The lowest BCUT2D eigenvalue weighted by Crippen LogP contribution is -2.19. The third-order valence-corrected chi connectivity index (χ3v) is 6.33. The number of hydrogen-bond donors (Lipinski definition) is 2. The van der Waals surface area contributed by atoms with Crippen molar-refractivity contribution in [2.24, 2.45) is 0 Å². The Bertz CT molecular complexity index is 1400. The number of para-hydroxylation sites is 2. The summed E-state index contributed by atoms with van der Waals surface area (Å²) in [4.78, 5) is 19.4. The van der Waals surface area contributed by atoms with Crippen molar-refractivity contribution in [2.75, 3.05) is 4.72 Å². The van der Waals surface area contributed by atoms with E-state index < -0.39 is 22.1 Å². The first-order valence-corrected chi connectivity index (χ1v) is 11.5. The summed E-state index contributed by atoms with van der Waals surface area (Å²) in [6, 6.07) is 14.1. The number of pyridine rings is 1. The molecule has 0 saturated carbocycles. The predicted molar refractivity (Wildman–Crippen MR) is 119 cm³/mol. The van der Waals surface area contributed by atoms with Gasteiger partial charge in [0.1, 0.15) is 0 Å². The third-order valence-electron chi connectivity index (χ3n) is 4.95. The molecule has 0 aliphatic heterocycles. The molecule has 7 nitrogen and oxygen atoms in total. The van der Waals surface area contributed by atoms with E-state index in [-0.39, 0.29) is 22.8 Å². The second-order valence-electron chi connectivity index (χ2n) is 7.36. The fourth-order valence-electron chi connectivity index (χ4n) is 3.32. The largest absolute Gasteiger partial charge is 0.573 e. The van der Waals surface area contributed by atoms with Gasteiger partial charge in [-0.05, 0) is 48.4 Å². The second-order valence-corrected chi connectivity index (χ2v) is 9.04. The number of nitrogens with one attached hydrogen (secondary N) is 2. The van der Waals surface area contributed by atoms with Crippen molar-refractivity contribution in [3.8, 4) is 5.75 Å². The minimum Gasteiger partial charge on any atom is -0.404 e. The summed E-state index contributed by atoms with van der Waals surface area (Å²) in [5, 5.41) is 0.829. The minimum absolute atomic E-state index is 0.101. The molecule has 2 N–H and O–H groups in total.